The standard InChI is InChI=1S/C17H19N3O4S2/c1-11-3-5-12(6-4-11)15-18-19-17(24-15)26-10-14(21)20-7-8-25-13(9-20)16(22)23-2/h3-6,13H,7-10H2,1-2H3/t13-/m0/s1. The number of rotatable bonds is 5. The molecule has 0 bridgehead atoms. The van der Waals surface area contributed by atoms with Crippen molar-refractivity contribution in [3.05, 3.63) is 29.8 Å². The van der Waals surface area contributed by atoms with E-state index in [-0.39, 0.29) is 22.9 Å². The molecule has 1 fully saturated rings. The summed E-state index contributed by atoms with van der Waals surface area (Å²) in [6.07, 6.45) is 0. The van der Waals surface area contributed by atoms with Gasteiger partial charge in [0.1, 0.15) is 5.25 Å². The van der Waals surface area contributed by atoms with Gasteiger partial charge in [0.2, 0.25) is 11.8 Å². The first kappa shape index (κ1) is 18.8. The minimum atomic E-state index is -0.320. The summed E-state index contributed by atoms with van der Waals surface area (Å²) in [6, 6.07) is 7.78. The summed E-state index contributed by atoms with van der Waals surface area (Å²) in [5.41, 5.74) is 1.99. The third kappa shape index (κ3) is 4.59. The molecule has 0 aliphatic carbocycles. The van der Waals surface area contributed by atoms with Crippen LogP contribution in [-0.2, 0) is 14.3 Å². The number of thioether (sulfide) groups is 2. The Labute approximate surface area is 159 Å². The Hall–Kier alpha value is -2.00. The first-order valence-corrected chi connectivity index (χ1v) is 10.1. The molecule has 1 saturated heterocycles. The number of carbonyl (C=O) groups is 2. The Morgan fingerprint density at radius 2 is 2.12 bits per heavy atom. The molecular formula is C17H19N3O4S2. The van der Waals surface area contributed by atoms with E-state index in [1.54, 1.807) is 4.90 Å². The Balaban J connectivity index is 1.55. The molecular weight excluding hydrogens is 374 g/mol. The molecule has 1 amide bonds. The van der Waals surface area contributed by atoms with Gasteiger partial charge in [0.25, 0.3) is 5.22 Å². The van der Waals surface area contributed by atoms with Crippen LogP contribution in [0.15, 0.2) is 33.9 Å². The lowest BCUT2D eigenvalue weighted by Crippen LogP contribution is -2.45. The van der Waals surface area contributed by atoms with Crippen molar-refractivity contribution in [1.29, 1.82) is 0 Å². The van der Waals surface area contributed by atoms with Crippen LogP contribution in [0.4, 0.5) is 0 Å². The molecule has 0 unspecified atom stereocenters. The van der Waals surface area contributed by atoms with Crippen molar-refractivity contribution in [1.82, 2.24) is 15.1 Å². The Morgan fingerprint density at radius 3 is 2.85 bits per heavy atom. The van der Waals surface area contributed by atoms with Crippen LogP contribution in [0.2, 0.25) is 0 Å². The van der Waals surface area contributed by atoms with Gasteiger partial charge in [0.05, 0.1) is 12.9 Å². The first-order valence-electron chi connectivity index (χ1n) is 8.07. The van der Waals surface area contributed by atoms with Crippen LogP contribution >= 0.6 is 23.5 Å². The number of hydrogen-bond acceptors (Lipinski definition) is 8. The predicted molar refractivity (Wildman–Crippen MR) is 100 cm³/mol. The third-order valence-electron chi connectivity index (χ3n) is 3.91. The Kier molecular flexibility index (Phi) is 6.20. The van der Waals surface area contributed by atoms with E-state index in [0.717, 1.165) is 11.1 Å². The molecule has 3 rings (SSSR count). The molecule has 138 valence electrons. The van der Waals surface area contributed by atoms with Gasteiger partial charge in [0, 0.05) is 24.4 Å². The highest BCUT2D eigenvalue weighted by Crippen LogP contribution is 2.25. The van der Waals surface area contributed by atoms with E-state index in [1.165, 1.54) is 30.6 Å². The number of hydrogen-bond donors (Lipinski definition) is 0. The van der Waals surface area contributed by atoms with Crippen molar-refractivity contribution >= 4 is 35.4 Å². The second-order valence-electron chi connectivity index (χ2n) is 5.75. The van der Waals surface area contributed by atoms with Crippen molar-refractivity contribution in [3.63, 3.8) is 0 Å². The van der Waals surface area contributed by atoms with Gasteiger partial charge in [-0.1, -0.05) is 29.5 Å². The van der Waals surface area contributed by atoms with Crippen LogP contribution in [-0.4, -0.2) is 63.9 Å². The van der Waals surface area contributed by atoms with Gasteiger partial charge in [-0.2, -0.15) is 0 Å². The molecule has 0 N–H and O–H groups in total. The maximum absolute atomic E-state index is 12.4. The number of aromatic nitrogens is 2. The SMILES string of the molecule is COC(=O)[C@@H]1CN(C(=O)CSc2nnc(-c3ccc(C)cc3)o2)CCS1. The van der Waals surface area contributed by atoms with E-state index in [0.29, 0.717) is 30.0 Å². The van der Waals surface area contributed by atoms with Crippen molar-refractivity contribution in [2.24, 2.45) is 0 Å². The van der Waals surface area contributed by atoms with Crippen LogP contribution in [0.5, 0.6) is 0 Å². The predicted octanol–water partition coefficient (Wildman–Crippen LogP) is 2.25. The van der Waals surface area contributed by atoms with Gasteiger partial charge in [-0.15, -0.1) is 22.0 Å². The molecule has 7 nitrogen and oxygen atoms in total. The number of methoxy groups -OCH3 is 1. The van der Waals surface area contributed by atoms with E-state index in [4.69, 9.17) is 9.15 Å². The molecule has 9 heteroatoms. The number of esters is 1. The van der Waals surface area contributed by atoms with E-state index in [1.807, 2.05) is 31.2 Å². The molecule has 1 atom stereocenters. The normalized spacial score (nSPS) is 17.2. The van der Waals surface area contributed by atoms with E-state index in [2.05, 4.69) is 10.2 Å². The fourth-order valence-electron chi connectivity index (χ4n) is 2.45. The molecule has 2 aromatic rings. The lowest BCUT2D eigenvalue weighted by Gasteiger charge is -2.30. The summed E-state index contributed by atoms with van der Waals surface area (Å²) in [6.45, 7) is 3.00. The summed E-state index contributed by atoms with van der Waals surface area (Å²) in [4.78, 5) is 25.7. The number of nitrogens with zero attached hydrogens (tertiary/aromatic N) is 3. The summed E-state index contributed by atoms with van der Waals surface area (Å²) < 4.78 is 10.4. The van der Waals surface area contributed by atoms with Crippen molar-refractivity contribution in [3.8, 4) is 11.5 Å². The second-order valence-corrected chi connectivity index (χ2v) is 7.99. The number of amides is 1. The molecule has 2 heterocycles. The number of aryl methyl sites for hydroxylation is 1. The fourth-order valence-corrected chi connectivity index (χ4v) is 4.24. The quantitative estimate of drug-likeness (QED) is 0.565. The average Bonchev–Trinajstić information content (AvgIpc) is 3.15. The maximum Gasteiger partial charge on any atom is 0.320 e. The summed E-state index contributed by atoms with van der Waals surface area (Å²) in [5.74, 6) is 0.988. The highest BCUT2D eigenvalue weighted by atomic mass is 32.2. The zero-order chi connectivity index (χ0) is 18.5. The van der Waals surface area contributed by atoms with Gasteiger partial charge in [-0.3, -0.25) is 9.59 Å². The molecule has 1 aromatic carbocycles. The summed E-state index contributed by atoms with van der Waals surface area (Å²) in [7, 11) is 1.36. The topological polar surface area (TPSA) is 85.5 Å². The fraction of sp³-hybridized carbons (Fsp3) is 0.412. The molecule has 0 saturated carbocycles. The molecule has 26 heavy (non-hydrogen) atoms. The molecule has 1 aliphatic heterocycles. The van der Waals surface area contributed by atoms with Gasteiger partial charge < -0.3 is 14.1 Å². The van der Waals surface area contributed by atoms with Gasteiger partial charge in [0.15, 0.2) is 0 Å². The average molecular weight is 393 g/mol. The van der Waals surface area contributed by atoms with Gasteiger partial charge in [-0.25, -0.2) is 0 Å². The Morgan fingerprint density at radius 1 is 1.35 bits per heavy atom. The number of carbonyl (C=O) groups excluding carboxylic acids is 2. The van der Waals surface area contributed by atoms with Crippen LogP contribution in [0.1, 0.15) is 5.56 Å². The van der Waals surface area contributed by atoms with Crippen molar-refractivity contribution in [2.45, 2.75) is 17.4 Å². The van der Waals surface area contributed by atoms with E-state index >= 15 is 0 Å². The highest BCUT2D eigenvalue weighted by Gasteiger charge is 2.29. The van der Waals surface area contributed by atoms with Crippen molar-refractivity contribution in [2.75, 3.05) is 31.7 Å². The lowest BCUT2D eigenvalue weighted by molar-refractivity contribution is -0.141. The molecule has 1 aliphatic rings. The summed E-state index contributed by atoms with van der Waals surface area (Å²) >= 11 is 2.72. The van der Waals surface area contributed by atoms with E-state index < -0.39 is 0 Å². The summed E-state index contributed by atoms with van der Waals surface area (Å²) in [5, 5.41) is 8.04. The number of ether oxygens (including phenoxy) is 1. The molecule has 0 spiro atoms. The monoisotopic (exact) mass is 393 g/mol. The van der Waals surface area contributed by atoms with Crippen molar-refractivity contribution < 1.29 is 18.7 Å². The van der Waals surface area contributed by atoms with Crippen LogP contribution in [0, 0.1) is 6.92 Å². The smallest absolute Gasteiger partial charge is 0.320 e. The number of benzene rings is 1. The first-order chi connectivity index (χ1) is 12.6. The van der Waals surface area contributed by atoms with Gasteiger partial charge in [-0.05, 0) is 19.1 Å². The Bertz CT molecular complexity index is 779. The maximum atomic E-state index is 12.4. The highest BCUT2D eigenvalue weighted by molar-refractivity contribution is 8.00. The lowest BCUT2D eigenvalue weighted by atomic mass is 10.1. The van der Waals surface area contributed by atoms with Crippen LogP contribution in [0.25, 0.3) is 11.5 Å². The largest absolute Gasteiger partial charge is 0.468 e. The minimum Gasteiger partial charge on any atom is -0.468 e. The second kappa shape index (κ2) is 8.59. The third-order valence-corrected chi connectivity index (χ3v) is 5.87. The van der Waals surface area contributed by atoms with E-state index in [9.17, 15) is 9.59 Å². The van der Waals surface area contributed by atoms with Crippen LogP contribution in [0.3, 0.4) is 0 Å². The van der Waals surface area contributed by atoms with Crippen LogP contribution < -0.4 is 0 Å². The zero-order valence-corrected chi connectivity index (χ0v) is 16.1. The molecule has 0 radical (unpaired) electrons. The molecule has 1 aromatic heterocycles. The zero-order valence-electron chi connectivity index (χ0n) is 14.5. The van der Waals surface area contributed by atoms with Gasteiger partial charge >= 0.3 is 5.97 Å². The minimum absolute atomic E-state index is 0.0562.